The van der Waals surface area contributed by atoms with Gasteiger partial charge in [0.2, 0.25) is 0 Å². The lowest BCUT2D eigenvalue weighted by atomic mass is 10.0. The zero-order valence-corrected chi connectivity index (χ0v) is 11.1. The van der Waals surface area contributed by atoms with Crippen molar-refractivity contribution in [3.05, 3.63) is 30.0 Å². The Morgan fingerprint density at radius 3 is 2.85 bits per heavy atom. The molecule has 20 heavy (non-hydrogen) atoms. The molecule has 5 heteroatoms. The maximum absolute atomic E-state index is 11.0. The average molecular weight is 274 g/mol. The summed E-state index contributed by atoms with van der Waals surface area (Å²) in [6.45, 7) is 2.30. The molecule has 1 aromatic heterocycles. The zero-order valence-electron chi connectivity index (χ0n) is 11.1. The van der Waals surface area contributed by atoms with Crippen LogP contribution >= 0.6 is 0 Å². The second-order valence-electron chi connectivity index (χ2n) is 5.01. The number of hydrogen-bond donors (Lipinski definition) is 0. The highest BCUT2D eigenvalue weighted by atomic mass is 16.5. The quantitative estimate of drug-likeness (QED) is 0.859. The van der Waals surface area contributed by atoms with E-state index in [0.29, 0.717) is 18.1 Å². The predicted octanol–water partition coefficient (Wildman–Crippen LogP) is 2.66. The first kappa shape index (κ1) is 13.0. The van der Waals surface area contributed by atoms with Crippen molar-refractivity contribution < 1.29 is 18.7 Å². The fourth-order valence-electron chi connectivity index (χ4n) is 2.35. The SMILES string of the molecule is [NH]C(=O)c1cc2cc(OCC3CCOCC3)ccc2o1. The minimum atomic E-state index is -0.814. The zero-order chi connectivity index (χ0) is 13.9. The Bertz CT molecular complexity index is 613. The fraction of sp³-hybridized carbons (Fsp3) is 0.400. The van der Waals surface area contributed by atoms with Gasteiger partial charge in [-0.2, -0.15) is 0 Å². The lowest BCUT2D eigenvalue weighted by Crippen LogP contribution is -2.21. The van der Waals surface area contributed by atoms with Gasteiger partial charge in [0.15, 0.2) is 5.76 Å². The van der Waals surface area contributed by atoms with Crippen LogP contribution in [0.5, 0.6) is 5.75 Å². The van der Waals surface area contributed by atoms with Crippen LogP contribution in [-0.4, -0.2) is 25.7 Å². The van der Waals surface area contributed by atoms with Crippen LogP contribution in [0.15, 0.2) is 28.7 Å². The molecule has 105 valence electrons. The number of hydrogen-bond acceptors (Lipinski definition) is 4. The monoisotopic (exact) mass is 274 g/mol. The normalized spacial score (nSPS) is 16.4. The molecule has 0 aliphatic carbocycles. The smallest absolute Gasteiger partial charge is 0.305 e. The molecule has 2 aromatic rings. The van der Waals surface area contributed by atoms with Gasteiger partial charge >= 0.3 is 5.91 Å². The summed E-state index contributed by atoms with van der Waals surface area (Å²) >= 11 is 0. The summed E-state index contributed by atoms with van der Waals surface area (Å²) in [4.78, 5) is 11.0. The van der Waals surface area contributed by atoms with Gasteiger partial charge in [0, 0.05) is 18.6 Å². The average Bonchev–Trinajstić information content (AvgIpc) is 2.89. The molecular formula is C15H16NO4. The number of fused-ring (bicyclic) bond motifs is 1. The van der Waals surface area contributed by atoms with Crippen molar-refractivity contribution in [2.24, 2.45) is 5.92 Å². The van der Waals surface area contributed by atoms with E-state index in [9.17, 15) is 4.79 Å². The number of amides is 1. The van der Waals surface area contributed by atoms with Crippen LogP contribution < -0.4 is 10.5 Å². The minimum absolute atomic E-state index is 0.0570. The van der Waals surface area contributed by atoms with Crippen molar-refractivity contribution in [2.75, 3.05) is 19.8 Å². The molecule has 1 saturated heterocycles. The molecule has 2 heterocycles. The molecule has 3 rings (SSSR count). The minimum Gasteiger partial charge on any atom is -0.493 e. The number of carbonyl (C=O) groups excluding carboxylic acids is 1. The molecule has 1 aliphatic heterocycles. The molecule has 1 amide bonds. The van der Waals surface area contributed by atoms with E-state index >= 15 is 0 Å². The van der Waals surface area contributed by atoms with Crippen molar-refractivity contribution in [1.82, 2.24) is 5.73 Å². The second-order valence-corrected chi connectivity index (χ2v) is 5.01. The van der Waals surface area contributed by atoms with E-state index in [0.717, 1.165) is 37.2 Å². The largest absolute Gasteiger partial charge is 0.493 e. The molecule has 0 atom stereocenters. The van der Waals surface area contributed by atoms with Gasteiger partial charge in [0.25, 0.3) is 0 Å². The third-order valence-electron chi connectivity index (χ3n) is 3.54. The van der Waals surface area contributed by atoms with Gasteiger partial charge in [-0.25, -0.2) is 0 Å². The number of rotatable bonds is 4. The van der Waals surface area contributed by atoms with Crippen LogP contribution in [-0.2, 0) is 4.74 Å². The summed E-state index contributed by atoms with van der Waals surface area (Å²) in [5.74, 6) is 0.537. The highest BCUT2D eigenvalue weighted by molar-refractivity contribution is 5.94. The molecule has 0 unspecified atom stereocenters. The summed E-state index contributed by atoms with van der Waals surface area (Å²) in [6.07, 6.45) is 2.07. The topological polar surface area (TPSA) is 72.5 Å². The first-order valence-electron chi connectivity index (χ1n) is 6.72. The van der Waals surface area contributed by atoms with Crippen molar-refractivity contribution >= 4 is 16.9 Å². The van der Waals surface area contributed by atoms with E-state index in [2.05, 4.69) is 0 Å². The van der Waals surface area contributed by atoms with E-state index in [1.807, 2.05) is 12.1 Å². The standard InChI is InChI=1S/C15H16NO4/c16-15(17)14-8-11-7-12(1-2-13(11)20-14)19-9-10-3-5-18-6-4-10/h1-2,7-8,10,16H,3-6,9H2. The van der Waals surface area contributed by atoms with Crippen molar-refractivity contribution in [3.8, 4) is 5.75 Å². The van der Waals surface area contributed by atoms with Crippen LogP contribution in [0.25, 0.3) is 11.0 Å². The van der Waals surface area contributed by atoms with Gasteiger partial charge in [-0.3, -0.25) is 10.5 Å². The van der Waals surface area contributed by atoms with Crippen LogP contribution in [0.2, 0.25) is 0 Å². The third kappa shape index (κ3) is 2.77. The van der Waals surface area contributed by atoms with E-state index in [1.54, 1.807) is 12.1 Å². The first-order chi connectivity index (χ1) is 9.72. The molecule has 0 bridgehead atoms. The lowest BCUT2D eigenvalue weighted by molar-refractivity contribution is 0.0498. The molecule has 1 radical (unpaired) electrons. The Balaban J connectivity index is 1.70. The summed E-state index contributed by atoms with van der Waals surface area (Å²) in [5, 5.41) is 0.782. The van der Waals surface area contributed by atoms with E-state index in [1.165, 1.54) is 0 Å². The Labute approximate surface area is 116 Å². The highest BCUT2D eigenvalue weighted by Gasteiger charge is 2.15. The Morgan fingerprint density at radius 1 is 1.30 bits per heavy atom. The maximum Gasteiger partial charge on any atom is 0.305 e. The van der Waals surface area contributed by atoms with Crippen molar-refractivity contribution in [3.63, 3.8) is 0 Å². The Morgan fingerprint density at radius 2 is 2.10 bits per heavy atom. The maximum atomic E-state index is 11.0. The third-order valence-corrected chi connectivity index (χ3v) is 3.54. The second kappa shape index (κ2) is 5.54. The molecule has 5 nitrogen and oxygen atoms in total. The van der Waals surface area contributed by atoms with E-state index in [-0.39, 0.29) is 5.76 Å². The van der Waals surface area contributed by atoms with E-state index < -0.39 is 5.91 Å². The molecule has 1 aliphatic rings. The van der Waals surface area contributed by atoms with Crippen LogP contribution in [0.3, 0.4) is 0 Å². The van der Waals surface area contributed by atoms with Gasteiger partial charge in [-0.15, -0.1) is 0 Å². The number of carbonyl (C=O) groups is 1. The van der Waals surface area contributed by atoms with Crippen LogP contribution in [0.4, 0.5) is 0 Å². The Hall–Kier alpha value is -2.01. The molecular weight excluding hydrogens is 258 g/mol. The van der Waals surface area contributed by atoms with Gasteiger partial charge in [0.05, 0.1) is 6.61 Å². The first-order valence-corrected chi connectivity index (χ1v) is 6.72. The fourth-order valence-corrected chi connectivity index (χ4v) is 2.35. The molecule has 1 fully saturated rings. The van der Waals surface area contributed by atoms with Crippen molar-refractivity contribution in [1.29, 1.82) is 0 Å². The number of ether oxygens (including phenoxy) is 2. The van der Waals surface area contributed by atoms with Gasteiger partial charge in [-0.05, 0) is 43.0 Å². The summed E-state index contributed by atoms with van der Waals surface area (Å²) in [7, 11) is 0. The summed E-state index contributed by atoms with van der Waals surface area (Å²) < 4.78 is 16.4. The molecule has 1 N–H and O–H groups in total. The van der Waals surface area contributed by atoms with Gasteiger partial charge < -0.3 is 13.9 Å². The number of benzene rings is 1. The molecule has 1 aromatic carbocycles. The molecule has 0 spiro atoms. The van der Waals surface area contributed by atoms with Gasteiger partial charge in [0.1, 0.15) is 11.3 Å². The van der Waals surface area contributed by atoms with E-state index in [4.69, 9.17) is 19.6 Å². The van der Waals surface area contributed by atoms with Gasteiger partial charge in [-0.1, -0.05) is 0 Å². The summed E-state index contributed by atoms with van der Waals surface area (Å²) in [6, 6.07) is 7.00. The molecule has 0 saturated carbocycles. The number of nitrogens with one attached hydrogen (secondary N) is 1. The van der Waals surface area contributed by atoms with Crippen LogP contribution in [0, 0.1) is 5.92 Å². The number of furan rings is 1. The lowest BCUT2D eigenvalue weighted by Gasteiger charge is -2.22. The predicted molar refractivity (Wildman–Crippen MR) is 72.7 cm³/mol. The van der Waals surface area contributed by atoms with Crippen LogP contribution in [0.1, 0.15) is 23.4 Å². The highest BCUT2D eigenvalue weighted by Crippen LogP contribution is 2.25. The van der Waals surface area contributed by atoms with Crippen molar-refractivity contribution in [2.45, 2.75) is 12.8 Å². The Kier molecular flexibility index (Phi) is 3.60. The summed E-state index contributed by atoms with van der Waals surface area (Å²) in [5.41, 5.74) is 7.64.